The van der Waals surface area contributed by atoms with Gasteiger partial charge in [0.15, 0.2) is 0 Å². The van der Waals surface area contributed by atoms with Crippen molar-refractivity contribution in [3.05, 3.63) is 34.9 Å². The minimum absolute atomic E-state index is 0.0257. The molecule has 1 aliphatic heterocycles. The van der Waals surface area contributed by atoms with Crippen LogP contribution in [0.3, 0.4) is 0 Å². The number of nitrogens with one attached hydrogen (secondary N) is 1. The predicted molar refractivity (Wildman–Crippen MR) is 87.8 cm³/mol. The number of hydrogen-bond acceptors (Lipinski definition) is 4. The summed E-state index contributed by atoms with van der Waals surface area (Å²) in [6.07, 6.45) is 4.17. The number of benzene rings is 1. The van der Waals surface area contributed by atoms with Crippen molar-refractivity contribution in [1.29, 1.82) is 0 Å². The van der Waals surface area contributed by atoms with Crippen LogP contribution in [0.25, 0.3) is 0 Å². The molecule has 1 unspecified atom stereocenters. The molecule has 3 rings (SSSR count). The van der Waals surface area contributed by atoms with E-state index in [-0.39, 0.29) is 11.3 Å². The number of likely N-dealkylation sites (tertiary alicyclic amines) is 1. The van der Waals surface area contributed by atoms with Crippen LogP contribution in [0, 0.1) is 5.41 Å². The summed E-state index contributed by atoms with van der Waals surface area (Å²) < 4.78 is 5.07. The molecule has 2 aliphatic rings. The third-order valence-corrected chi connectivity index (χ3v) is 5.24. The molecule has 1 aromatic rings. The molecule has 2 amide bonds. The van der Waals surface area contributed by atoms with E-state index in [2.05, 4.69) is 0 Å². The Balaban J connectivity index is 1.71. The van der Waals surface area contributed by atoms with Crippen LogP contribution in [0.4, 0.5) is 0 Å². The monoisotopic (exact) mass is 332 g/mol. The van der Waals surface area contributed by atoms with Crippen LogP contribution in [-0.2, 0) is 22.4 Å². The minimum Gasteiger partial charge on any atom is -0.385 e. The average molecular weight is 332 g/mol. The lowest BCUT2D eigenvalue weighted by molar-refractivity contribution is -0.127. The highest BCUT2D eigenvalue weighted by molar-refractivity contribution is 5.93. The second-order valence-corrected chi connectivity index (χ2v) is 6.94. The molecule has 0 radical (unpaired) electrons. The van der Waals surface area contributed by atoms with Crippen LogP contribution in [0.2, 0.25) is 0 Å². The number of hydrogen-bond donors (Lipinski definition) is 2. The van der Waals surface area contributed by atoms with E-state index in [0.717, 1.165) is 44.3 Å². The van der Waals surface area contributed by atoms with Gasteiger partial charge in [-0.25, -0.2) is 5.48 Å². The fourth-order valence-corrected chi connectivity index (χ4v) is 4.00. The van der Waals surface area contributed by atoms with Crippen LogP contribution in [0.1, 0.15) is 40.7 Å². The van der Waals surface area contributed by atoms with Crippen molar-refractivity contribution < 1.29 is 19.5 Å². The predicted octanol–water partition coefficient (Wildman–Crippen LogP) is 1.55. The van der Waals surface area contributed by atoms with Gasteiger partial charge in [0.1, 0.15) is 0 Å². The molecule has 0 aromatic heterocycles. The van der Waals surface area contributed by atoms with E-state index in [1.54, 1.807) is 18.7 Å². The normalized spacial score (nSPS) is 22.8. The Morgan fingerprint density at radius 1 is 1.38 bits per heavy atom. The number of rotatable bonds is 5. The van der Waals surface area contributed by atoms with Gasteiger partial charge in [-0.05, 0) is 48.9 Å². The quantitative estimate of drug-likeness (QED) is 0.487. The summed E-state index contributed by atoms with van der Waals surface area (Å²) in [5, 5.41) is 8.76. The molecule has 1 fully saturated rings. The molecular formula is C18H24N2O4. The number of nitrogens with zero attached hydrogens (tertiary/aromatic N) is 1. The first-order valence-electron chi connectivity index (χ1n) is 8.40. The van der Waals surface area contributed by atoms with Crippen molar-refractivity contribution >= 4 is 11.8 Å². The maximum Gasteiger partial charge on any atom is 0.274 e. The number of ether oxygens (including phenoxy) is 1. The summed E-state index contributed by atoms with van der Waals surface area (Å²) in [6.45, 7) is 2.25. The molecule has 1 spiro atoms. The van der Waals surface area contributed by atoms with Gasteiger partial charge in [-0.1, -0.05) is 6.07 Å². The molecular weight excluding hydrogens is 308 g/mol. The lowest BCUT2D eigenvalue weighted by atomic mass is 9.70. The summed E-state index contributed by atoms with van der Waals surface area (Å²) in [4.78, 5) is 25.8. The SMILES string of the molecule is COCCCN1CC2(CCc3cc(C(=O)NO)ccc3C2)CC1=O. The Kier molecular flexibility index (Phi) is 4.87. The van der Waals surface area contributed by atoms with Gasteiger partial charge < -0.3 is 9.64 Å². The summed E-state index contributed by atoms with van der Waals surface area (Å²) in [6, 6.07) is 5.54. The van der Waals surface area contributed by atoms with Crippen molar-refractivity contribution in [2.24, 2.45) is 5.41 Å². The van der Waals surface area contributed by atoms with E-state index in [1.807, 2.05) is 17.0 Å². The van der Waals surface area contributed by atoms with Crippen LogP contribution in [0.5, 0.6) is 0 Å². The fraction of sp³-hybridized carbons (Fsp3) is 0.556. The van der Waals surface area contributed by atoms with E-state index in [4.69, 9.17) is 9.94 Å². The number of carbonyl (C=O) groups is 2. The summed E-state index contributed by atoms with van der Waals surface area (Å²) in [5.41, 5.74) is 4.52. The number of carbonyl (C=O) groups excluding carboxylic acids is 2. The molecule has 1 atom stereocenters. The standard InChI is InChI=1S/C18H24N2O4/c1-24-8-2-7-20-12-18(11-16(20)21)6-5-13-9-14(17(22)19-23)3-4-15(13)10-18/h3-4,9,23H,2,5-8,10-12H2,1H3,(H,19,22). The van der Waals surface area contributed by atoms with E-state index in [9.17, 15) is 9.59 Å². The Hall–Kier alpha value is -1.92. The third kappa shape index (κ3) is 3.30. The molecule has 130 valence electrons. The number of methoxy groups -OCH3 is 1. The van der Waals surface area contributed by atoms with E-state index in [0.29, 0.717) is 18.6 Å². The van der Waals surface area contributed by atoms with E-state index >= 15 is 0 Å². The van der Waals surface area contributed by atoms with Crippen molar-refractivity contribution in [2.75, 3.05) is 26.8 Å². The zero-order chi connectivity index (χ0) is 17.2. The number of fused-ring (bicyclic) bond motifs is 1. The van der Waals surface area contributed by atoms with Crippen molar-refractivity contribution in [3.63, 3.8) is 0 Å². The van der Waals surface area contributed by atoms with E-state index < -0.39 is 5.91 Å². The largest absolute Gasteiger partial charge is 0.385 e. The molecule has 1 aliphatic carbocycles. The number of amides is 2. The summed E-state index contributed by atoms with van der Waals surface area (Å²) in [7, 11) is 1.68. The summed E-state index contributed by atoms with van der Waals surface area (Å²) >= 11 is 0. The first-order chi connectivity index (χ1) is 11.6. The highest BCUT2D eigenvalue weighted by atomic mass is 16.5. The highest BCUT2D eigenvalue weighted by Gasteiger charge is 2.44. The topological polar surface area (TPSA) is 78.9 Å². The lowest BCUT2D eigenvalue weighted by Crippen LogP contribution is -2.34. The van der Waals surface area contributed by atoms with Gasteiger partial charge in [0, 0.05) is 44.2 Å². The maximum atomic E-state index is 12.3. The first kappa shape index (κ1) is 16.9. The van der Waals surface area contributed by atoms with Crippen molar-refractivity contribution in [1.82, 2.24) is 10.4 Å². The van der Waals surface area contributed by atoms with Gasteiger partial charge >= 0.3 is 0 Å². The Labute approximate surface area is 141 Å². The molecule has 6 heteroatoms. The zero-order valence-corrected chi connectivity index (χ0v) is 14.0. The molecule has 0 saturated carbocycles. The fourth-order valence-electron chi connectivity index (χ4n) is 4.00. The van der Waals surface area contributed by atoms with Gasteiger partial charge in [0.05, 0.1) is 0 Å². The van der Waals surface area contributed by atoms with Crippen LogP contribution >= 0.6 is 0 Å². The van der Waals surface area contributed by atoms with Crippen molar-refractivity contribution in [3.8, 4) is 0 Å². The maximum absolute atomic E-state index is 12.3. The molecule has 6 nitrogen and oxygen atoms in total. The zero-order valence-electron chi connectivity index (χ0n) is 14.0. The van der Waals surface area contributed by atoms with Crippen LogP contribution in [0.15, 0.2) is 18.2 Å². The highest BCUT2D eigenvalue weighted by Crippen LogP contribution is 2.43. The molecule has 2 N–H and O–H groups in total. The number of hydroxylamine groups is 1. The van der Waals surface area contributed by atoms with Crippen molar-refractivity contribution in [2.45, 2.75) is 32.1 Å². The van der Waals surface area contributed by atoms with Gasteiger partial charge in [-0.2, -0.15) is 0 Å². The van der Waals surface area contributed by atoms with E-state index in [1.165, 1.54) is 5.56 Å². The van der Waals surface area contributed by atoms with Gasteiger partial charge in [0.25, 0.3) is 5.91 Å². The molecule has 24 heavy (non-hydrogen) atoms. The van der Waals surface area contributed by atoms with Gasteiger partial charge in [0.2, 0.25) is 5.91 Å². The summed E-state index contributed by atoms with van der Waals surface area (Å²) in [5.74, 6) is -0.246. The Morgan fingerprint density at radius 2 is 2.21 bits per heavy atom. The molecule has 0 bridgehead atoms. The van der Waals surface area contributed by atoms with Gasteiger partial charge in [-0.15, -0.1) is 0 Å². The number of aryl methyl sites for hydroxylation is 1. The lowest BCUT2D eigenvalue weighted by Gasteiger charge is -2.34. The Bertz CT molecular complexity index is 646. The first-order valence-corrected chi connectivity index (χ1v) is 8.40. The Morgan fingerprint density at radius 3 is 2.96 bits per heavy atom. The smallest absolute Gasteiger partial charge is 0.274 e. The van der Waals surface area contributed by atoms with Crippen LogP contribution in [-0.4, -0.2) is 48.7 Å². The molecule has 1 heterocycles. The molecule has 1 saturated heterocycles. The van der Waals surface area contributed by atoms with Crippen LogP contribution < -0.4 is 5.48 Å². The van der Waals surface area contributed by atoms with Gasteiger partial charge in [-0.3, -0.25) is 14.8 Å². The average Bonchev–Trinajstić information content (AvgIpc) is 2.89. The molecule has 1 aromatic carbocycles. The second-order valence-electron chi connectivity index (χ2n) is 6.94. The third-order valence-electron chi connectivity index (χ3n) is 5.24. The minimum atomic E-state index is -0.488. The second kappa shape index (κ2) is 6.91.